The van der Waals surface area contributed by atoms with E-state index >= 15 is 0 Å². The number of hydrogen-bond donors (Lipinski definition) is 2. The summed E-state index contributed by atoms with van der Waals surface area (Å²) in [5.41, 5.74) is 2.85. The van der Waals surface area contributed by atoms with Crippen molar-refractivity contribution >= 4 is 32.9 Å². The van der Waals surface area contributed by atoms with Gasteiger partial charge in [0.1, 0.15) is 0 Å². The van der Waals surface area contributed by atoms with E-state index in [9.17, 15) is 13.2 Å². The summed E-state index contributed by atoms with van der Waals surface area (Å²) in [7, 11) is -3.56. The van der Waals surface area contributed by atoms with E-state index in [-0.39, 0.29) is 16.8 Å². The summed E-state index contributed by atoms with van der Waals surface area (Å²) in [6.07, 6.45) is 1.73. The van der Waals surface area contributed by atoms with E-state index in [1.54, 1.807) is 0 Å². The molecular weight excluding hydrogens is 412 g/mol. The van der Waals surface area contributed by atoms with Crippen molar-refractivity contribution in [3.63, 3.8) is 0 Å². The molecule has 0 saturated heterocycles. The Morgan fingerprint density at radius 1 is 0.903 bits per heavy atom. The average Bonchev–Trinajstić information content (AvgIpc) is 3.51. The zero-order valence-corrected chi connectivity index (χ0v) is 17.3. The minimum atomic E-state index is -3.56. The number of aromatic nitrogens is 2. The van der Waals surface area contributed by atoms with Crippen LogP contribution in [0.5, 0.6) is 0 Å². The molecule has 0 radical (unpaired) electrons. The third-order valence-corrected chi connectivity index (χ3v) is 6.66. The second kappa shape index (κ2) is 7.64. The van der Waals surface area contributed by atoms with Crippen LogP contribution in [-0.4, -0.2) is 29.9 Å². The van der Waals surface area contributed by atoms with Gasteiger partial charge in [-0.2, -0.15) is 0 Å². The lowest BCUT2D eigenvalue weighted by Gasteiger charge is -2.11. The summed E-state index contributed by atoms with van der Waals surface area (Å²) in [6.45, 7) is 0. The number of anilines is 1. The third kappa shape index (κ3) is 3.95. The highest BCUT2D eigenvalue weighted by Crippen LogP contribution is 2.25. The van der Waals surface area contributed by atoms with Crippen LogP contribution in [0.2, 0.25) is 0 Å². The Labute approximate surface area is 179 Å². The predicted molar refractivity (Wildman–Crippen MR) is 119 cm³/mol. The number of nitrogens with zero attached hydrogens (tertiary/aromatic N) is 2. The number of rotatable bonds is 6. The van der Waals surface area contributed by atoms with Gasteiger partial charge in [0.15, 0.2) is 0 Å². The van der Waals surface area contributed by atoms with Gasteiger partial charge in [-0.1, -0.05) is 30.3 Å². The highest BCUT2D eigenvalue weighted by molar-refractivity contribution is 7.89. The lowest BCUT2D eigenvalue weighted by atomic mass is 10.2. The summed E-state index contributed by atoms with van der Waals surface area (Å²) in [4.78, 5) is 17.6. The second-order valence-electron chi connectivity index (χ2n) is 7.47. The van der Waals surface area contributed by atoms with E-state index in [1.807, 2.05) is 59.2 Å². The minimum Gasteiger partial charge on any atom is -0.292 e. The lowest BCUT2D eigenvalue weighted by Crippen LogP contribution is -2.25. The molecule has 1 aromatic heterocycles. The molecule has 3 aromatic carbocycles. The first-order valence-electron chi connectivity index (χ1n) is 9.98. The van der Waals surface area contributed by atoms with Gasteiger partial charge in [0.2, 0.25) is 16.0 Å². The molecule has 2 N–H and O–H groups in total. The first-order chi connectivity index (χ1) is 15.0. The van der Waals surface area contributed by atoms with Crippen LogP contribution in [0.25, 0.3) is 16.7 Å². The normalized spacial score (nSPS) is 13.9. The molecule has 8 heteroatoms. The molecule has 1 saturated carbocycles. The smallest absolute Gasteiger partial charge is 0.257 e. The molecule has 0 spiro atoms. The van der Waals surface area contributed by atoms with Crippen LogP contribution in [0.4, 0.5) is 5.95 Å². The van der Waals surface area contributed by atoms with Crippen LogP contribution < -0.4 is 10.0 Å². The van der Waals surface area contributed by atoms with Crippen molar-refractivity contribution in [1.82, 2.24) is 14.3 Å². The molecule has 1 aliphatic carbocycles. The Kier molecular flexibility index (Phi) is 4.80. The second-order valence-corrected chi connectivity index (χ2v) is 9.18. The largest absolute Gasteiger partial charge is 0.292 e. The molecule has 0 atom stereocenters. The molecule has 0 unspecified atom stereocenters. The van der Waals surface area contributed by atoms with Crippen molar-refractivity contribution in [2.75, 3.05) is 5.32 Å². The zero-order valence-electron chi connectivity index (χ0n) is 16.5. The number of sulfonamides is 1. The van der Waals surface area contributed by atoms with Crippen molar-refractivity contribution in [2.45, 2.75) is 23.8 Å². The summed E-state index contributed by atoms with van der Waals surface area (Å²) in [5, 5.41) is 2.86. The maximum Gasteiger partial charge on any atom is 0.257 e. The van der Waals surface area contributed by atoms with Gasteiger partial charge in [-0.15, -0.1) is 0 Å². The molecule has 0 bridgehead atoms. The molecule has 31 heavy (non-hydrogen) atoms. The Bertz CT molecular complexity index is 1360. The summed E-state index contributed by atoms with van der Waals surface area (Å²) >= 11 is 0. The van der Waals surface area contributed by atoms with E-state index < -0.39 is 10.0 Å². The SMILES string of the molecule is O=C(Nc1nc2ccccc2n1-c1ccccc1)c1ccc(S(=O)(=O)NC2CC2)cc1. The predicted octanol–water partition coefficient (Wildman–Crippen LogP) is 3.72. The fourth-order valence-electron chi connectivity index (χ4n) is 3.40. The molecule has 156 valence electrons. The van der Waals surface area contributed by atoms with Crippen LogP contribution in [0.15, 0.2) is 83.8 Å². The van der Waals surface area contributed by atoms with Crippen molar-refractivity contribution < 1.29 is 13.2 Å². The highest BCUT2D eigenvalue weighted by Gasteiger charge is 2.28. The molecular formula is C23H20N4O3S. The summed E-state index contributed by atoms with van der Waals surface area (Å²) in [6, 6.07) is 23.2. The first-order valence-corrected chi connectivity index (χ1v) is 11.5. The topological polar surface area (TPSA) is 93.1 Å². The van der Waals surface area contributed by atoms with Gasteiger partial charge in [0.25, 0.3) is 5.91 Å². The standard InChI is InChI=1S/C23H20N4O3S/c28-22(16-10-14-19(15-11-16)31(29,30)26-17-12-13-17)25-23-24-20-8-4-5-9-21(20)27(23)18-6-2-1-3-7-18/h1-11,14-15,17,26H,12-13H2,(H,24,25,28). The highest BCUT2D eigenvalue weighted by atomic mass is 32.2. The first kappa shape index (κ1) is 19.5. The van der Waals surface area contributed by atoms with Crippen molar-refractivity contribution in [2.24, 2.45) is 0 Å². The number of nitrogens with one attached hydrogen (secondary N) is 2. The molecule has 1 aliphatic rings. The van der Waals surface area contributed by atoms with Crippen molar-refractivity contribution in [3.8, 4) is 5.69 Å². The molecule has 1 heterocycles. The summed E-state index contributed by atoms with van der Waals surface area (Å²) < 4.78 is 29.2. The Morgan fingerprint density at radius 2 is 1.58 bits per heavy atom. The molecule has 0 aliphatic heterocycles. The number of para-hydroxylation sites is 3. The van der Waals surface area contributed by atoms with Crippen LogP contribution in [0.3, 0.4) is 0 Å². The van der Waals surface area contributed by atoms with E-state index in [4.69, 9.17) is 0 Å². The van der Waals surface area contributed by atoms with E-state index in [0.29, 0.717) is 11.5 Å². The third-order valence-electron chi connectivity index (χ3n) is 5.13. The molecule has 7 nitrogen and oxygen atoms in total. The quantitative estimate of drug-likeness (QED) is 0.486. The Balaban J connectivity index is 1.44. The molecule has 1 fully saturated rings. The van der Waals surface area contributed by atoms with Crippen LogP contribution in [0, 0.1) is 0 Å². The number of fused-ring (bicyclic) bond motifs is 1. The van der Waals surface area contributed by atoms with Crippen LogP contribution >= 0.6 is 0 Å². The zero-order chi connectivity index (χ0) is 21.4. The minimum absolute atomic E-state index is 0.0268. The number of carbonyl (C=O) groups excluding carboxylic acids is 1. The van der Waals surface area contributed by atoms with Gasteiger partial charge in [-0.3, -0.25) is 14.7 Å². The van der Waals surface area contributed by atoms with Gasteiger partial charge < -0.3 is 0 Å². The Morgan fingerprint density at radius 3 is 2.29 bits per heavy atom. The lowest BCUT2D eigenvalue weighted by molar-refractivity contribution is 0.102. The van der Waals surface area contributed by atoms with Gasteiger partial charge in [0.05, 0.1) is 15.9 Å². The van der Waals surface area contributed by atoms with Gasteiger partial charge in [0, 0.05) is 17.3 Å². The maximum absolute atomic E-state index is 12.9. The van der Waals surface area contributed by atoms with Crippen molar-refractivity contribution in [3.05, 3.63) is 84.4 Å². The van der Waals surface area contributed by atoms with Gasteiger partial charge in [-0.25, -0.2) is 18.1 Å². The van der Waals surface area contributed by atoms with Crippen LogP contribution in [-0.2, 0) is 10.0 Å². The van der Waals surface area contributed by atoms with E-state index in [1.165, 1.54) is 24.3 Å². The van der Waals surface area contributed by atoms with Crippen molar-refractivity contribution in [1.29, 1.82) is 0 Å². The van der Waals surface area contributed by atoms with E-state index in [0.717, 1.165) is 29.6 Å². The number of carbonyl (C=O) groups is 1. The number of hydrogen-bond acceptors (Lipinski definition) is 4. The molecule has 1 amide bonds. The summed E-state index contributed by atoms with van der Waals surface area (Å²) in [5.74, 6) is 0.0242. The average molecular weight is 433 g/mol. The number of amides is 1. The monoisotopic (exact) mass is 432 g/mol. The van der Waals surface area contributed by atoms with E-state index in [2.05, 4.69) is 15.0 Å². The fraction of sp³-hybridized carbons (Fsp3) is 0.130. The fourth-order valence-corrected chi connectivity index (χ4v) is 4.70. The Hall–Kier alpha value is -3.49. The number of benzene rings is 3. The van der Waals surface area contributed by atoms with Gasteiger partial charge >= 0.3 is 0 Å². The molecule has 5 rings (SSSR count). The van der Waals surface area contributed by atoms with Gasteiger partial charge in [-0.05, 0) is 61.4 Å². The molecule has 4 aromatic rings. The maximum atomic E-state index is 12.9. The number of imidazole rings is 1. The van der Waals surface area contributed by atoms with Crippen LogP contribution in [0.1, 0.15) is 23.2 Å².